The van der Waals surface area contributed by atoms with E-state index in [9.17, 15) is 5.11 Å². The molecule has 0 aromatic heterocycles. The Balaban J connectivity index is 1.96. The first-order valence-corrected chi connectivity index (χ1v) is 4.82. The van der Waals surface area contributed by atoms with E-state index in [2.05, 4.69) is 5.32 Å². The first-order chi connectivity index (χ1) is 5.81. The number of hydrogen-bond donors (Lipinski definition) is 2. The predicted molar refractivity (Wildman–Crippen MR) is 46.0 cm³/mol. The molecule has 0 amide bonds. The molecule has 0 bridgehead atoms. The van der Waals surface area contributed by atoms with E-state index in [1.165, 1.54) is 0 Å². The molecule has 2 saturated heterocycles. The number of aliphatic hydroxyl groups is 1. The van der Waals surface area contributed by atoms with Crippen LogP contribution in [0.1, 0.15) is 19.3 Å². The summed E-state index contributed by atoms with van der Waals surface area (Å²) in [4.78, 5) is 0. The average Bonchev–Trinajstić information content (AvgIpc) is 2.55. The fraction of sp³-hybridized carbons (Fsp3) is 1.00. The first-order valence-electron chi connectivity index (χ1n) is 4.82. The topological polar surface area (TPSA) is 41.5 Å². The third-order valence-corrected chi connectivity index (χ3v) is 3.09. The van der Waals surface area contributed by atoms with Gasteiger partial charge in [-0.3, -0.25) is 0 Å². The standard InChI is InChI=1S/C9H17NO2/c11-9(3-4-10-7-9)8-2-1-5-12-6-8/h8,10-11H,1-7H2. The minimum absolute atomic E-state index is 0.362. The van der Waals surface area contributed by atoms with Crippen LogP contribution in [0, 0.1) is 5.92 Å². The molecular formula is C9H17NO2. The summed E-state index contributed by atoms with van der Waals surface area (Å²) in [5.74, 6) is 0.362. The van der Waals surface area contributed by atoms with E-state index in [1.54, 1.807) is 0 Å². The summed E-state index contributed by atoms with van der Waals surface area (Å²) in [5.41, 5.74) is -0.472. The molecule has 3 heteroatoms. The maximum Gasteiger partial charge on any atom is 0.0833 e. The molecule has 2 unspecified atom stereocenters. The van der Waals surface area contributed by atoms with Crippen molar-refractivity contribution in [3.05, 3.63) is 0 Å². The molecule has 2 aliphatic rings. The van der Waals surface area contributed by atoms with Gasteiger partial charge in [-0.2, -0.15) is 0 Å². The molecule has 2 N–H and O–H groups in total. The van der Waals surface area contributed by atoms with Gasteiger partial charge in [-0.15, -0.1) is 0 Å². The summed E-state index contributed by atoms with van der Waals surface area (Å²) in [7, 11) is 0. The largest absolute Gasteiger partial charge is 0.388 e. The van der Waals surface area contributed by atoms with Gasteiger partial charge in [0.1, 0.15) is 0 Å². The van der Waals surface area contributed by atoms with E-state index in [4.69, 9.17) is 4.74 Å². The molecule has 0 radical (unpaired) electrons. The molecule has 3 nitrogen and oxygen atoms in total. The Hall–Kier alpha value is -0.120. The normalized spacial score (nSPS) is 43.2. The van der Waals surface area contributed by atoms with Crippen LogP contribution in [0.2, 0.25) is 0 Å². The van der Waals surface area contributed by atoms with Crippen molar-refractivity contribution in [2.75, 3.05) is 26.3 Å². The van der Waals surface area contributed by atoms with Crippen molar-refractivity contribution in [1.29, 1.82) is 0 Å². The molecule has 0 aromatic carbocycles. The third kappa shape index (κ3) is 1.49. The summed E-state index contributed by atoms with van der Waals surface area (Å²) in [6.45, 7) is 3.33. The van der Waals surface area contributed by atoms with Crippen LogP contribution in [0.15, 0.2) is 0 Å². The second kappa shape index (κ2) is 3.32. The van der Waals surface area contributed by atoms with E-state index in [-0.39, 0.29) is 0 Å². The van der Waals surface area contributed by atoms with Crippen LogP contribution in [0.4, 0.5) is 0 Å². The van der Waals surface area contributed by atoms with Crippen molar-refractivity contribution in [3.8, 4) is 0 Å². The molecule has 0 aromatic rings. The molecule has 70 valence electrons. The van der Waals surface area contributed by atoms with E-state index in [0.717, 1.165) is 45.6 Å². The molecule has 2 fully saturated rings. The lowest BCUT2D eigenvalue weighted by atomic mass is 9.83. The van der Waals surface area contributed by atoms with Crippen LogP contribution in [-0.4, -0.2) is 37.0 Å². The van der Waals surface area contributed by atoms with Crippen molar-refractivity contribution >= 4 is 0 Å². The van der Waals surface area contributed by atoms with Crippen LogP contribution < -0.4 is 5.32 Å². The van der Waals surface area contributed by atoms with E-state index in [1.807, 2.05) is 0 Å². The molecule has 0 saturated carbocycles. The van der Waals surface area contributed by atoms with Crippen molar-refractivity contribution in [2.24, 2.45) is 5.92 Å². The average molecular weight is 171 g/mol. The number of hydrogen-bond acceptors (Lipinski definition) is 3. The number of nitrogens with one attached hydrogen (secondary N) is 1. The summed E-state index contributed by atoms with van der Waals surface area (Å²) in [6, 6.07) is 0. The molecule has 12 heavy (non-hydrogen) atoms. The van der Waals surface area contributed by atoms with Gasteiger partial charge in [-0.25, -0.2) is 0 Å². The Morgan fingerprint density at radius 2 is 2.42 bits per heavy atom. The Bertz CT molecular complexity index is 149. The molecule has 2 aliphatic heterocycles. The van der Waals surface area contributed by atoms with Gasteiger partial charge in [0.25, 0.3) is 0 Å². The second-order valence-electron chi connectivity index (χ2n) is 3.94. The van der Waals surface area contributed by atoms with Crippen LogP contribution in [0.5, 0.6) is 0 Å². The Morgan fingerprint density at radius 1 is 1.50 bits per heavy atom. The van der Waals surface area contributed by atoms with Gasteiger partial charge in [-0.1, -0.05) is 0 Å². The highest BCUT2D eigenvalue weighted by Crippen LogP contribution is 2.30. The molecule has 2 atom stereocenters. The Morgan fingerprint density at radius 3 is 3.00 bits per heavy atom. The second-order valence-corrected chi connectivity index (χ2v) is 3.94. The van der Waals surface area contributed by atoms with Crippen LogP contribution in [0.25, 0.3) is 0 Å². The third-order valence-electron chi connectivity index (χ3n) is 3.09. The van der Waals surface area contributed by atoms with Crippen molar-refractivity contribution in [2.45, 2.75) is 24.9 Å². The van der Waals surface area contributed by atoms with E-state index >= 15 is 0 Å². The predicted octanol–water partition coefficient (Wildman–Crippen LogP) is 0.137. The number of β-amino-alcohol motifs (C(OH)–C–C–N with tert-alkyl or cyclic N) is 1. The lowest BCUT2D eigenvalue weighted by molar-refractivity contribution is -0.0666. The highest BCUT2D eigenvalue weighted by Gasteiger charge is 2.39. The molecule has 0 spiro atoms. The highest BCUT2D eigenvalue weighted by molar-refractivity contribution is 4.94. The SMILES string of the molecule is OC1(C2CCCOC2)CCNC1. The van der Waals surface area contributed by atoms with Gasteiger partial charge < -0.3 is 15.2 Å². The maximum atomic E-state index is 10.2. The van der Waals surface area contributed by atoms with E-state index < -0.39 is 5.60 Å². The minimum atomic E-state index is -0.472. The van der Waals surface area contributed by atoms with Gasteiger partial charge in [0.15, 0.2) is 0 Å². The lowest BCUT2D eigenvalue weighted by Gasteiger charge is -2.34. The van der Waals surface area contributed by atoms with E-state index in [0.29, 0.717) is 5.92 Å². The van der Waals surface area contributed by atoms with Gasteiger partial charge in [0, 0.05) is 19.1 Å². The van der Waals surface area contributed by atoms with Gasteiger partial charge in [0.05, 0.1) is 12.2 Å². The summed E-state index contributed by atoms with van der Waals surface area (Å²) in [5, 5.41) is 13.4. The highest BCUT2D eigenvalue weighted by atomic mass is 16.5. The monoisotopic (exact) mass is 171 g/mol. The van der Waals surface area contributed by atoms with Crippen molar-refractivity contribution in [3.63, 3.8) is 0 Å². The van der Waals surface area contributed by atoms with Gasteiger partial charge >= 0.3 is 0 Å². The Kier molecular flexibility index (Phi) is 2.35. The van der Waals surface area contributed by atoms with Crippen molar-refractivity contribution < 1.29 is 9.84 Å². The molecule has 2 heterocycles. The Labute approximate surface area is 73.1 Å². The zero-order chi connectivity index (χ0) is 8.44. The van der Waals surface area contributed by atoms with Crippen LogP contribution in [-0.2, 0) is 4.74 Å². The number of ether oxygens (including phenoxy) is 1. The van der Waals surface area contributed by atoms with Crippen LogP contribution in [0.3, 0.4) is 0 Å². The minimum Gasteiger partial charge on any atom is -0.388 e. The molecular weight excluding hydrogens is 154 g/mol. The van der Waals surface area contributed by atoms with Crippen molar-refractivity contribution in [1.82, 2.24) is 5.32 Å². The maximum absolute atomic E-state index is 10.2. The zero-order valence-corrected chi connectivity index (χ0v) is 7.38. The fourth-order valence-electron chi connectivity index (χ4n) is 2.21. The summed E-state index contributed by atoms with van der Waals surface area (Å²) >= 11 is 0. The van der Waals surface area contributed by atoms with Crippen LogP contribution >= 0.6 is 0 Å². The molecule has 2 rings (SSSR count). The number of rotatable bonds is 1. The summed E-state index contributed by atoms with van der Waals surface area (Å²) < 4.78 is 5.37. The zero-order valence-electron chi connectivity index (χ0n) is 7.38. The summed E-state index contributed by atoms with van der Waals surface area (Å²) in [6.07, 6.45) is 3.12. The smallest absolute Gasteiger partial charge is 0.0833 e. The van der Waals surface area contributed by atoms with Gasteiger partial charge in [-0.05, 0) is 25.8 Å². The fourth-order valence-corrected chi connectivity index (χ4v) is 2.21. The first kappa shape index (κ1) is 8.48. The quantitative estimate of drug-likeness (QED) is 0.589. The molecule has 0 aliphatic carbocycles. The lowest BCUT2D eigenvalue weighted by Crippen LogP contribution is -2.44. The van der Waals surface area contributed by atoms with Gasteiger partial charge in [0.2, 0.25) is 0 Å².